The van der Waals surface area contributed by atoms with E-state index in [-0.39, 0.29) is 0 Å². The summed E-state index contributed by atoms with van der Waals surface area (Å²) in [6, 6.07) is 0. The van der Waals surface area contributed by atoms with Gasteiger partial charge in [0.15, 0.2) is 0 Å². The Balaban J connectivity index is 2.70. The Bertz CT molecular complexity index is 276. The highest BCUT2D eigenvalue weighted by Gasteiger charge is 2.18. The fraction of sp³-hybridized carbons (Fsp3) is 0.714. The second-order valence-electron chi connectivity index (χ2n) is 3.61. The molecule has 0 aromatic carbocycles. The van der Waals surface area contributed by atoms with E-state index in [0.717, 1.165) is 0 Å². The standard InChI is InChI=1S/C7H12F2N4/c1-7(2,10)3-4-11-6(5(8)9)13-12-4/h5H,3,10H2,1-2H3,(H,11,12,13). The Kier molecular flexibility index (Phi) is 2.60. The van der Waals surface area contributed by atoms with Crippen molar-refractivity contribution in [1.82, 2.24) is 15.2 Å². The molecule has 0 unspecified atom stereocenters. The Morgan fingerprint density at radius 1 is 1.54 bits per heavy atom. The van der Waals surface area contributed by atoms with Crippen molar-refractivity contribution < 1.29 is 8.78 Å². The molecule has 74 valence electrons. The molecule has 0 radical (unpaired) electrons. The Morgan fingerprint density at radius 3 is 2.54 bits per heavy atom. The van der Waals surface area contributed by atoms with Crippen molar-refractivity contribution in [2.75, 3.05) is 0 Å². The van der Waals surface area contributed by atoms with Crippen LogP contribution in [0.1, 0.15) is 31.9 Å². The van der Waals surface area contributed by atoms with Gasteiger partial charge in [0, 0.05) is 12.0 Å². The van der Waals surface area contributed by atoms with Crippen molar-refractivity contribution >= 4 is 0 Å². The molecule has 0 bridgehead atoms. The molecule has 4 nitrogen and oxygen atoms in total. The number of aromatic nitrogens is 3. The van der Waals surface area contributed by atoms with E-state index in [1.54, 1.807) is 13.8 Å². The van der Waals surface area contributed by atoms with Crippen LogP contribution in [0.15, 0.2) is 0 Å². The van der Waals surface area contributed by atoms with E-state index in [9.17, 15) is 8.78 Å². The van der Waals surface area contributed by atoms with Gasteiger partial charge in [-0.05, 0) is 13.8 Å². The minimum absolute atomic E-state index is 0.391. The summed E-state index contributed by atoms with van der Waals surface area (Å²) in [5, 5.41) is 5.78. The van der Waals surface area contributed by atoms with Crippen molar-refractivity contribution in [2.24, 2.45) is 5.73 Å². The SMILES string of the molecule is CC(C)(N)Cc1nc(C(F)F)n[nH]1. The van der Waals surface area contributed by atoms with E-state index in [1.807, 2.05) is 0 Å². The molecule has 0 saturated heterocycles. The lowest BCUT2D eigenvalue weighted by molar-refractivity contribution is 0.140. The van der Waals surface area contributed by atoms with Gasteiger partial charge in [-0.15, -0.1) is 0 Å². The van der Waals surface area contributed by atoms with Crippen LogP contribution >= 0.6 is 0 Å². The summed E-state index contributed by atoms with van der Waals surface area (Å²) in [5.41, 5.74) is 5.20. The van der Waals surface area contributed by atoms with Gasteiger partial charge in [0.1, 0.15) is 5.82 Å². The monoisotopic (exact) mass is 190 g/mol. The first-order chi connectivity index (χ1) is 5.88. The van der Waals surface area contributed by atoms with Crippen LogP contribution in [0.3, 0.4) is 0 Å². The maximum absolute atomic E-state index is 12.0. The molecule has 1 heterocycles. The van der Waals surface area contributed by atoms with Gasteiger partial charge in [-0.25, -0.2) is 13.8 Å². The molecule has 0 aliphatic heterocycles. The Labute approximate surface area is 74.5 Å². The molecule has 0 saturated carbocycles. The van der Waals surface area contributed by atoms with Crippen molar-refractivity contribution in [3.63, 3.8) is 0 Å². The summed E-state index contributed by atoms with van der Waals surface area (Å²) in [7, 11) is 0. The molecular weight excluding hydrogens is 178 g/mol. The molecule has 0 amide bonds. The first-order valence-corrected chi connectivity index (χ1v) is 3.87. The van der Waals surface area contributed by atoms with Gasteiger partial charge in [0.05, 0.1) is 0 Å². The second-order valence-corrected chi connectivity index (χ2v) is 3.61. The zero-order valence-electron chi connectivity index (χ0n) is 7.51. The fourth-order valence-corrected chi connectivity index (χ4v) is 0.918. The van der Waals surface area contributed by atoms with Crippen LogP contribution in [-0.2, 0) is 6.42 Å². The Hall–Kier alpha value is -1.04. The van der Waals surface area contributed by atoms with Crippen LogP contribution in [0.4, 0.5) is 8.78 Å². The van der Waals surface area contributed by atoms with E-state index >= 15 is 0 Å². The minimum Gasteiger partial charge on any atom is -0.325 e. The molecule has 0 atom stereocenters. The molecule has 0 aliphatic rings. The van der Waals surface area contributed by atoms with E-state index in [1.165, 1.54) is 0 Å². The lowest BCUT2D eigenvalue weighted by Gasteiger charge is -2.15. The summed E-state index contributed by atoms with van der Waals surface area (Å²) in [5.74, 6) is -0.0814. The van der Waals surface area contributed by atoms with Crippen LogP contribution in [0.2, 0.25) is 0 Å². The van der Waals surface area contributed by atoms with Gasteiger partial charge in [-0.2, -0.15) is 5.10 Å². The predicted molar refractivity (Wildman–Crippen MR) is 43.3 cm³/mol. The summed E-state index contributed by atoms with van der Waals surface area (Å²) in [4.78, 5) is 3.60. The molecule has 0 spiro atoms. The van der Waals surface area contributed by atoms with E-state index in [0.29, 0.717) is 12.2 Å². The third kappa shape index (κ3) is 3.06. The van der Waals surface area contributed by atoms with Crippen molar-refractivity contribution in [3.8, 4) is 0 Å². The van der Waals surface area contributed by atoms with Gasteiger partial charge >= 0.3 is 0 Å². The van der Waals surface area contributed by atoms with Crippen molar-refractivity contribution in [3.05, 3.63) is 11.6 Å². The van der Waals surface area contributed by atoms with Crippen LogP contribution in [-0.4, -0.2) is 20.7 Å². The van der Waals surface area contributed by atoms with Crippen molar-refractivity contribution in [1.29, 1.82) is 0 Å². The zero-order valence-corrected chi connectivity index (χ0v) is 7.51. The van der Waals surface area contributed by atoms with Gasteiger partial charge in [0.2, 0.25) is 5.82 Å². The topological polar surface area (TPSA) is 67.6 Å². The number of hydrogen-bond donors (Lipinski definition) is 2. The van der Waals surface area contributed by atoms with Crippen LogP contribution in [0.25, 0.3) is 0 Å². The van der Waals surface area contributed by atoms with Gasteiger partial charge < -0.3 is 5.73 Å². The average Bonchev–Trinajstić information content (AvgIpc) is 2.31. The van der Waals surface area contributed by atoms with E-state index < -0.39 is 17.8 Å². The van der Waals surface area contributed by atoms with Crippen LogP contribution in [0.5, 0.6) is 0 Å². The molecule has 0 fully saturated rings. The third-order valence-corrected chi connectivity index (χ3v) is 1.37. The summed E-state index contributed by atoms with van der Waals surface area (Å²) < 4.78 is 24.1. The van der Waals surface area contributed by atoms with E-state index in [2.05, 4.69) is 15.2 Å². The maximum atomic E-state index is 12.0. The first kappa shape index (κ1) is 10.0. The smallest absolute Gasteiger partial charge is 0.299 e. The molecule has 3 N–H and O–H groups in total. The normalized spacial score (nSPS) is 12.5. The summed E-state index contributed by atoms with van der Waals surface area (Å²) in [6.07, 6.45) is -2.24. The van der Waals surface area contributed by atoms with Crippen molar-refractivity contribution in [2.45, 2.75) is 32.2 Å². The number of H-pyrrole nitrogens is 1. The van der Waals surface area contributed by atoms with E-state index in [4.69, 9.17) is 5.73 Å². The number of alkyl halides is 2. The Morgan fingerprint density at radius 2 is 2.15 bits per heavy atom. The number of hydrogen-bond acceptors (Lipinski definition) is 3. The lowest BCUT2D eigenvalue weighted by Crippen LogP contribution is -2.34. The number of halogens is 2. The van der Waals surface area contributed by atoms with Crippen LogP contribution in [0, 0.1) is 0 Å². The van der Waals surface area contributed by atoms with Gasteiger partial charge in [-0.1, -0.05) is 0 Å². The number of nitrogens with two attached hydrogens (primary N) is 1. The predicted octanol–water partition coefficient (Wildman–Crippen LogP) is 1.02. The molecule has 0 aliphatic carbocycles. The number of nitrogens with zero attached hydrogens (tertiary/aromatic N) is 2. The summed E-state index contributed by atoms with van der Waals surface area (Å²) in [6.45, 7) is 3.58. The third-order valence-electron chi connectivity index (χ3n) is 1.37. The fourth-order valence-electron chi connectivity index (χ4n) is 0.918. The molecule has 1 rings (SSSR count). The average molecular weight is 190 g/mol. The molecule has 13 heavy (non-hydrogen) atoms. The minimum atomic E-state index is -2.63. The highest BCUT2D eigenvalue weighted by molar-refractivity contribution is 4.96. The zero-order chi connectivity index (χ0) is 10.1. The van der Waals surface area contributed by atoms with Gasteiger partial charge in [0.25, 0.3) is 6.43 Å². The quantitative estimate of drug-likeness (QED) is 0.747. The highest BCUT2D eigenvalue weighted by atomic mass is 19.3. The number of nitrogens with one attached hydrogen (secondary N) is 1. The largest absolute Gasteiger partial charge is 0.325 e. The second kappa shape index (κ2) is 3.37. The first-order valence-electron chi connectivity index (χ1n) is 3.87. The maximum Gasteiger partial charge on any atom is 0.299 e. The summed E-state index contributed by atoms with van der Waals surface area (Å²) >= 11 is 0. The molecule has 1 aromatic rings. The molecular formula is C7H12F2N4. The highest BCUT2D eigenvalue weighted by Crippen LogP contribution is 2.14. The number of rotatable bonds is 3. The van der Waals surface area contributed by atoms with Crippen LogP contribution < -0.4 is 5.73 Å². The molecule has 1 aromatic heterocycles. The number of aromatic amines is 1. The molecule has 6 heteroatoms. The lowest BCUT2D eigenvalue weighted by atomic mass is 10.0. The van der Waals surface area contributed by atoms with Gasteiger partial charge in [-0.3, -0.25) is 5.10 Å².